The Bertz CT molecular complexity index is 1930. The van der Waals surface area contributed by atoms with Crippen LogP contribution in [-0.4, -0.2) is 16.5 Å². The van der Waals surface area contributed by atoms with Crippen LogP contribution in [0, 0.1) is 18.5 Å². The van der Waals surface area contributed by atoms with Crippen LogP contribution in [0.1, 0.15) is 30.4 Å². The number of fused-ring (bicyclic) bond motifs is 4. The minimum atomic E-state index is -2.37. The number of allylic oxidation sites excluding steroid dienone is 2. The molecular weight excluding hydrogens is 688 g/mol. The van der Waals surface area contributed by atoms with E-state index >= 15 is 0 Å². The summed E-state index contributed by atoms with van der Waals surface area (Å²) in [7, 11) is 0. The molecule has 0 radical (unpaired) electrons. The van der Waals surface area contributed by atoms with Crippen LogP contribution in [0.5, 0.6) is 11.5 Å². The van der Waals surface area contributed by atoms with Gasteiger partial charge in [-0.05, 0) is 35.4 Å². The Morgan fingerprint density at radius 3 is 2.68 bits per heavy atom. The van der Waals surface area contributed by atoms with Gasteiger partial charge in [0.2, 0.25) is 6.33 Å². The van der Waals surface area contributed by atoms with Gasteiger partial charge >= 0.3 is 6.98 Å². The summed E-state index contributed by atoms with van der Waals surface area (Å²) in [5, 5.41) is 0. The van der Waals surface area contributed by atoms with Crippen LogP contribution in [0.15, 0.2) is 97.3 Å². The predicted octanol–water partition coefficient (Wildman–Crippen LogP) is 6.41. The molecule has 0 N–H and O–H groups in total. The first kappa shape index (κ1) is 23.6. The van der Waals surface area contributed by atoms with Gasteiger partial charge in [-0.3, -0.25) is 0 Å². The first-order valence-electron chi connectivity index (χ1n) is 14.7. The second-order valence-corrected chi connectivity index (χ2v) is 10.9. The largest absolute Gasteiger partial charge is 0.510 e. The number of aryl methyl sites for hydroxylation is 1. The second-order valence-electron chi connectivity index (χ2n) is 10.9. The molecule has 2 aliphatic rings. The molecule has 0 spiro atoms. The third-order valence-electron chi connectivity index (χ3n) is 7.22. The number of benzene rings is 3. The summed E-state index contributed by atoms with van der Waals surface area (Å²) in [4.78, 5) is 9.12. The molecule has 0 aliphatic carbocycles. The van der Waals surface area contributed by atoms with Crippen molar-refractivity contribution in [1.82, 2.24) is 9.55 Å². The summed E-state index contributed by atoms with van der Waals surface area (Å²) in [5.74, 6) is 3.97. The Labute approximate surface area is 259 Å². The van der Waals surface area contributed by atoms with Gasteiger partial charge in [0.1, 0.15) is 5.82 Å². The summed E-state index contributed by atoms with van der Waals surface area (Å²) in [5.41, 5.74) is 4.89. The number of hydrogen-bond acceptors (Lipinski definition) is 4. The van der Waals surface area contributed by atoms with Crippen molar-refractivity contribution < 1.29 is 34.5 Å². The number of imidazole rings is 1. The fourth-order valence-electron chi connectivity index (χ4n) is 5.20. The van der Waals surface area contributed by atoms with E-state index in [0.29, 0.717) is 28.2 Å². The van der Waals surface area contributed by atoms with Crippen molar-refractivity contribution in [3.05, 3.63) is 121 Å². The normalized spacial score (nSPS) is 15.2. The van der Waals surface area contributed by atoms with Crippen LogP contribution in [0.3, 0.4) is 0 Å². The number of aromatic nitrogens is 3. The summed E-state index contributed by atoms with van der Waals surface area (Å²) in [6.45, 7) is 4.13. The molecule has 2 aliphatic heterocycles. The molecule has 0 fully saturated rings. The number of hydrogen-bond donors (Lipinski definition) is 0. The van der Waals surface area contributed by atoms with E-state index in [2.05, 4.69) is 73.2 Å². The van der Waals surface area contributed by atoms with Gasteiger partial charge in [0.15, 0.2) is 0 Å². The number of rotatable bonds is 4. The maximum absolute atomic E-state index is 7.96. The summed E-state index contributed by atoms with van der Waals surface area (Å²) in [6.07, 6.45) is 11.0. The van der Waals surface area contributed by atoms with Gasteiger partial charge in [0, 0.05) is 38.8 Å². The minimum Gasteiger partial charge on any atom is -0.510 e. The molecule has 8 heteroatoms. The standard InChI is InChI=1S/C33H28BN5O.Pt/c1-33(2,3)24-16-18-35-32(20-24)39-31-22-27(14-15-30(31)38-19-8-7-17-34(38)39)40-26-11-9-10-25(21-26)37-23-36(4)28-12-5-6-13-29(28)37;/h5-20H,1-4H3;/q-2;/i4D3;. The van der Waals surface area contributed by atoms with E-state index in [-0.39, 0.29) is 33.5 Å². The fraction of sp³-hybridized carbons (Fsp3) is 0.152. The summed E-state index contributed by atoms with van der Waals surface area (Å²) >= 11 is 0. The van der Waals surface area contributed by atoms with Crippen molar-refractivity contribution >= 4 is 35.2 Å². The molecule has 6 nitrogen and oxygen atoms in total. The van der Waals surface area contributed by atoms with Crippen molar-refractivity contribution in [2.45, 2.75) is 26.2 Å². The van der Waals surface area contributed by atoms with E-state index in [9.17, 15) is 0 Å². The molecule has 5 aromatic rings. The molecule has 206 valence electrons. The van der Waals surface area contributed by atoms with E-state index in [1.165, 1.54) is 10.1 Å². The van der Waals surface area contributed by atoms with Gasteiger partial charge in [-0.1, -0.05) is 74.2 Å². The Balaban J connectivity index is 0.00000343. The van der Waals surface area contributed by atoms with Gasteiger partial charge in [-0.25, -0.2) is 4.98 Å². The second kappa shape index (κ2) is 10.4. The quantitative estimate of drug-likeness (QED) is 0.122. The third-order valence-corrected chi connectivity index (χ3v) is 7.22. The van der Waals surface area contributed by atoms with E-state index in [1.807, 2.05) is 66.9 Å². The van der Waals surface area contributed by atoms with Crippen LogP contribution in [-0.2, 0) is 33.5 Å². The van der Waals surface area contributed by atoms with Crippen LogP contribution in [0.2, 0.25) is 0 Å². The van der Waals surface area contributed by atoms with Crippen molar-refractivity contribution in [1.29, 1.82) is 0 Å². The smallest absolute Gasteiger partial charge is 0.400 e. The Morgan fingerprint density at radius 2 is 1.83 bits per heavy atom. The molecular formula is C33H28BN5OPt-2. The molecule has 7 rings (SSSR count). The number of anilines is 3. The molecule has 3 aromatic carbocycles. The molecule has 2 aromatic heterocycles. The average molecular weight is 720 g/mol. The molecule has 0 bridgehead atoms. The van der Waals surface area contributed by atoms with E-state index in [4.69, 9.17) is 13.8 Å². The zero-order valence-corrected chi connectivity index (χ0v) is 25.0. The number of pyridine rings is 1. The van der Waals surface area contributed by atoms with E-state index < -0.39 is 6.98 Å². The zero-order chi connectivity index (χ0) is 29.9. The van der Waals surface area contributed by atoms with Gasteiger partial charge < -0.3 is 23.5 Å². The monoisotopic (exact) mass is 719 g/mol. The molecule has 0 saturated heterocycles. The van der Waals surface area contributed by atoms with Gasteiger partial charge in [0.25, 0.3) is 0 Å². The Hall–Kier alpha value is -4.09. The van der Waals surface area contributed by atoms with Crippen LogP contribution < -0.4 is 18.9 Å². The van der Waals surface area contributed by atoms with E-state index in [1.54, 1.807) is 10.6 Å². The SMILES string of the molecule is [2H]C([2H])([2H])[n+]1[c-]n(-c2[c-]c(Oc3[c-]c4c(cc3)N3C=CC=CB3N4c3cc(C(C)(C)C)ccn3)ccc2)c2ccccc21.[Pt]. The maximum atomic E-state index is 7.96. The van der Waals surface area contributed by atoms with Crippen molar-refractivity contribution in [3.8, 4) is 17.2 Å². The fourth-order valence-corrected chi connectivity index (χ4v) is 5.20. The number of nitrogens with zero attached hydrogens (tertiary/aromatic N) is 5. The van der Waals surface area contributed by atoms with Crippen molar-refractivity contribution in [2.75, 3.05) is 9.62 Å². The molecule has 41 heavy (non-hydrogen) atoms. The molecule has 0 atom stereocenters. The average Bonchev–Trinajstić information content (AvgIpc) is 3.53. The Kier molecular flexibility index (Phi) is 5.98. The molecule has 0 unspecified atom stereocenters. The number of para-hydroxylation sites is 2. The molecule has 0 amide bonds. The molecule has 0 saturated carbocycles. The first-order chi connectivity index (χ1) is 20.6. The van der Waals surface area contributed by atoms with Crippen molar-refractivity contribution in [3.63, 3.8) is 0 Å². The summed E-state index contributed by atoms with van der Waals surface area (Å²) in [6, 6.07) is 27.7. The maximum Gasteiger partial charge on any atom is 0.400 e. The topological polar surface area (TPSA) is 37.4 Å². The molecule has 4 heterocycles. The summed E-state index contributed by atoms with van der Waals surface area (Å²) < 4.78 is 33.0. The van der Waals surface area contributed by atoms with Crippen molar-refractivity contribution in [2.24, 2.45) is 6.98 Å². The van der Waals surface area contributed by atoms with Crippen LogP contribution in [0.25, 0.3) is 16.7 Å². The minimum absolute atomic E-state index is 0. The van der Waals surface area contributed by atoms with Crippen LogP contribution in [0.4, 0.5) is 17.2 Å². The zero-order valence-electron chi connectivity index (χ0n) is 25.8. The van der Waals surface area contributed by atoms with E-state index in [0.717, 1.165) is 17.2 Å². The third kappa shape index (κ3) is 4.78. The van der Waals surface area contributed by atoms with Gasteiger partial charge in [0.05, 0.1) is 22.1 Å². The number of ether oxygens (including phenoxy) is 1. The Morgan fingerprint density at radius 1 is 0.976 bits per heavy atom. The van der Waals surface area contributed by atoms with Crippen LogP contribution >= 0.6 is 0 Å². The van der Waals surface area contributed by atoms with Gasteiger partial charge in [-0.15, -0.1) is 30.3 Å². The first-order valence-corrected chi connectivity index (χ1v) is 13.2. The van der Waals surface area contributed by atoms with Gasteiger partial charge in [-0.2, -0.15) is 12.1 Å². The predicted molar refractivity (Wildman–Crippen MR) is 159 cm³/mol.